The largest absolute Gasteiger partial charge is 0.394 e. The summed E-state index contributed by atoms with van der Waals surface area (Å²) in [5.41, 5.74) is 2.85. The number of rotatable bonds is 11. The number of likely N-dealkylation sites (N-methyl/N-ethyl adjacent to an activating group) is 1. The topological polar surface area (TPSA) is 133 Å². The van der Waals surface area contributed by atoms with E-state index < -0.39 is 32.7 Å². The highest BCUT2D eigenvalue weighted by Gasteiger charge is 2.52. The van der Waals surface area contributed by atoms with E-state index in [1.165, 1.54) is 39.0 Å². The van der Waals surface area contributed by atoms with Gasteiger partial charge in [0.15, 0.2) is 4.90 Å². The highest BCUT2D eigenvalue weighted by atomic mass is 32.2. The van der Waals surface area contributed by atoms with Crippen LogP contribution in [0.4, 0.5) is 10.5 Å². The van der Waals surface area contributed by atoms with E-state index in [0.717, 1.165) is 36.8 Å². The molecule has 2 aromatic rings. The summed E-state index contributed by atoms with van der Waals surface area (Å²) < 4.78 is 28.5. The van der Waals surface area contributed by atoms with Crippen molar-refractivity contribution >= 4 is 27.3 Å². The zero-order valence-electron chi connectivity index (χ0n) is 22.3. The molecule has 3 atom stereocenters. The van der Waals surface area contributed by atoms with Crippen molar-refractivity contribution < 1.29 is 23.2 Å². The number of nitro groups is 1. The molecule has 1 aliphatic heterocycles. The maximum absolute atomic E-state index is 13.6. The van der Waals surface area contributed by atoms with Gasteiger partial charge in [0.2, 0.25) is 10.0 Å². The molecule has 0 saturated carbocycles. The molecule has 0 unspecified atom stereocenters. The lowest BCUT2D eigenvalue weighted by atomic mass is 9.75. The molecule has 2 aliphatic rings. The van der Waals surface area contributed by atoms with Crippen molar-refractivity contribution in [1.82, 2.24) is 14.5 Å². The molecule has 4 rings (SSSR count). The molecule has 0 bridgehead atoms. The fourth-order valence-corrected chi connectivity index (χ4v) is 7.27. The number of carbonyl (C=O) groups is 1. The van der Waals surface area contributed by atoms with Crippen molar-refractivity contribution in [3.05, 3.63) is 75.8 Å². The minimum atomic E-state index is -4.25. The number of aliphatic hydroxyl groups is 1. The van der Waals surface area contributed by atoms with E-state index in [-0.39, 0.29) is 36.5 Å². The number of amides is 2. The Kier molecular flexibility index (Phi) is 9.04. The lowest BCUT2D eigenvalue weighted by Crippen LogP contribution is -2.70. The molecule has 11 heteroatoms. The minimum Gasteiger partial charge on any atom is -0.394 e. The van der Waals surface area contributed by atoms with Crippen molar-refractivity contribution in [2.24, 2.45) is 0 Å². The third kappa shape index (κ3) is 5.70. The van der Waals surface area contributed by atoms with Crippen LogP contribution in [0.1, 0.15) is 56.6 Å². The van der Waals surface area contributed by atoms with Crippen molar-refractivity contribution in [2.75, 3.05) is 26.2 Å². The molecule has 2 aromatic carbocycles. The van der Waals surface area contributed by atoms with Crippen molar-refractivity contribution in [1.29, 1.82) is 0 Å². The molecular weight excluding hydrogens is 520 g/mol. The summed E-state index contributed by atoms with van der Waals surface area (Å²) in [6, 6.07) is 11.9. The number of nitrogens with one attached hydrogen (secondary N) is 1. The zero-order valence-corrected chi connectivity index (χ0v) is 23.1. The van der Waals surface area contributed by atoms with Crippen molar-refractivity contribution in [3.8, 4) is 0 Å². The Labute approximate surface area is 229 Å². The van der Waals surface area contributed by atoms with E-state index >= 15 is 0 Å². The van der Waals surface area contributed by atoms with Crippen LogP contribution < -0.4 is 5.32 Å². The molecule has 10 nitrogen and oxygen atoms in total. The molecule has 1 fully saturated rings. The molecule has 2 N–H and O–H groups in total. The molecule has 1 saturated heterocycles. The standard InChI is InChI=1S/C28H36N4O6S/c1-3-17-29-28(34)31-24(18-30(4-2)39(37,38)26-12-8-7-11-23(26)32(35)36)27(25(31)19-33)22-15-13-21(14-16-22)20-9-5-6-10-20/h7-9,11-16,24-25,27,33H,3-6,10,17-19H2,1-2H3,(H,29,34)/t24-,25-,27+/m0/s1. The van der Waals surface area contributed by atoms with Gasteiger partial charge in [-0.15, -0.1) is 0 Å². The Hall–Kier alpha value is -3.28. The Balaban J connectivity index is 1.68. The third-order valence-electron chi connectivity index (χ3n) is 7.62. The smallest absolute Gasteiger partial charge is 0.318 e. The van der Waals surface area contributed by atoms with Crippen molar-refractivity contribution in [2.45, 2.75) is 62.4 Å². The fraction of sp³-hybridized carbons (Fsp3) is 0.464. The second kappa shape index (κ2) is 12.3. The monoisotopic (exact) mass is 556 g/mol. The Morgan fingerprint density at radius 2 is 1.87 bits per heavy atom. The molecule has 1 heterocycles. The highest BCUT2D eigenvalue weighted by Crippen LogP contribution is 2.42. The summed E-state index contributed by atoms with van der Waals surface area (Å²) >= 11 is 0. The number of para-hydroxylation sites is 1. The summed E-state index contributed by atoms with van der Waals surface area (Å²) in [7, 11) is -4.25. The molecule has 2 amide bonds. The number of allylic oxidation sites excluding steroid dienone is 2. The quantitative estimate of drug-likeness (QED) is 0.316. The first-order chi connectivity index (χ1) is 18.7. The van der Waals surface area contributed by atoms with Gasteiger partial charge in [0.05, 0.1) is 23.6 Å². The average molecular weight is 557 g/mol. The van der Waals surface area contributed by atoms with Crippen molar-refractivity contribution in [3.63, 3.8) is 0 Å². The van der Waals surface area contributed by atoms with E-state index in [0.29, 0.717) is 6.54 Å². The Bertz CT molecular complexity index is 1330. The first-order valence-electron chi connectivity index (χ1n) is 13.4. The van der Waals surface area contributed by atoms with Crippen LogP contribution in [0.5, 0.6) is 0 Å². The minimum absolute atomic E-state index is 0.0545. The van der Waals surface area contributed by atoms with Gasteiger partial charge in [0, 0.05) is 31.6 Å². The predicted molar refractivity (Wildman–Crippen MR) is 149 cm³/mol. The molecule has 39 heavy (non-hydrogen) atoms. The van der Waals surface area contributed by atoms with E-state index in [4.69, 9.17) is 0 Å². The van der Waals surface area contributed by atoms with Crippen LogP contribution >= 0.6 is 0 Å². The SMILES string of the molecule is CCCNC(=O)N1[C@@H](CO)[C@H](c2ccc(C3=CCCC3)cc2)[C@@H]1CN(CC)S(=O)(=O)c1ccccc1[N+](=O)[O-]. The van der Waals surface area contributed by atoms with Gasteiger partial charge in [-0.2, -0.15) is 4.31 Å². The summed E-state index contributed by atoms with van der Waals surface area (Å²) in [6.07, 6.45) is 6.20. The second-order valence-corrected chi connectivity index (χ2v) is 11.8. The number of hydrogen-bond acceptors (Lipinski definition) is 6. The number of urea groups is 1. The van der Waals surface area contributed by atoms with E-state index in [1.807, 2.05) is 31.2 Å². The molecule has 210 valence electrons. The van der Waals surface area contributed by atoms with Gasteiger partial charge in [-0.1, -0.05) is 56.3 Å². The Morgan fingerprint density at radius 1 is 1.15 bits per heavy atom. The van der Waals surface area contributed by atoms with Crippen LogP contribution in [0.25, 0.3) is 5.57 Å². The lowest BCUT2D eigenvalue weighted by molar-refractivity contribution is -0.387. The predicted octanol–water partition coefficient (Wildman–Crippen LogP) is 4.12. The van der Waals surface area contributed by atoms with Crippen LogP contribution in [0, 0.1) is 10.1 Å². The molecule has 0 aromatic heterocycles. The molecular formula is C28H36N4O6S. The number of sulfonamides is 1. The van der Waals surface area contributed by atoms with Gasteiger partial charge < -0.3 is 15.3 Å². The maximum atomic E-state index is 13.6. The lowest BCUT2D eigenvalue weighted by Gasteiger charge is -2.55. The van der Waals surface area contributed by atoms with Gasteiger partial charge in [-0.25, -0.2) is 13.2 Å². The summed E-state index contributed by atoms with van der Waals surface area (Å²) in [6.45, 7) is 3.74. The van der Waals surface area contributed by atoms with Gasteiger partial charge in [0.1, 0.15) is 0 Å². The van der Waals surface area contributed by atoms with Gasteiger partial charge in [-0.05, 0) is 48.4 Å². The highest BCUT2D eigenvalue weighted by molar-refractivity contribution is 7.89. The van der Waals surface area contributed by atoms with E-state index in [2.05, 4.69) is 11.4 Å². The van der Waals surface area contributed by atoms with Crippen LogP contribution in [-0.4, -0.2) is 72.0 Å². The van der Waals surface area contributed by atoms with Crippen LogP contribution in [0.3, 0.4) is 0 Å². The number of benzene rings is 2. The molecule has 0 spiro atoms. The first-order valence-corrected chi connectivity index (χ1v) is 14.9. The number of likely N-dealkylation sites (tertiary alicyclic amines) is 1. The number of carbonyl (C=O) groups excluding carboxylic acids is 1. The average Bonchev–Trinajstić information content (AvgIpc) is 3.47. The first kappa shape index (κ1) is 28.7. The third-order valence-corrected chi connectivity index (χ3v) is 9.61. The van der Waals surface area contributed by atoms with Crippen LogP contribution in [0.2, 0.25) is 0 Å². The van der Waals surface area contributed by atoms with Gasteiger partial charge in [-0.3, -0.25) is 10.1 Å². The molecule has 0 radical (unpaired) electrons. The van der Waals surface area contributed by atoms with E-state index in [9.17, 15) is 28.4 Å². The summed E-state index contributed by atoms with van der Waals surface area (Å²) in [5, 5.41) is 24.7. The number of hydrogen-bond donors (Lipinski definition) is 2. The van der Waals surface area contributed by atoms with Crippen LogP contribution in [0.15, 0.2) is 59.5 Å². The number of aliphatic hydroxyl groups excluding tert-OH is 1. The summed E-state index contributed by atoms with van der Waals surface area (Å²) in [5.74, 6) is -0.316. The maximum Gasteiger partial charge on any atom is 0.318 e. The van der Waals surface area contributed by atoms with E-state index in [1.54, 1.807) is 6.92 Å². The number of nitro benzene ring substituents is 1. The Morgan fingerprint density at radius 3 is 2.46 bits per heavy atom. The van der Waals surface area contributed by atoms with Gasteiger partial charge >= 0.3 is 6.03 Å². The second-order valence-electron chi connectivity index (χ2n) is 9.91. The fourth-order valence-electron chi connectivity index (χ4n) is 5.64. The van der Waals surface area contributed by atoms with Crippen LogP contribution in [-0.2, 0) is 10.0 Å². The zero-order chi connectivity index (χ0) is 28.2. The molecule has 1 aliphatic carbocycles. The normalized spacial score (nSPS) is 21.0. The number of nitrogens with zero attached hydrogens (tertiary/aromatic N) is 3. The summed E-state index contributed by atoms with van der Waals surface area (Å²) in [4.78, 5) is 25.1. The van der Waals surface area contributed by atoms with Gasteiger partial charge in [0.25, 0.3) is 5.69 Å².